The lowest BCUT2D eigenvalue weighted by atomic mass is 10.1. The summed E-state index contributed by atoms with van der Waals surface area (Å²) in [5, 5.41) is 2.27. The van der Waals surface area contributed by atoms with Crippen LogP contribution in [0, 0.1) is 5.92 Å². The van der Waals surface area contributed by atoms with E-state index in [2.05, 4.69) is 5.32 Å². The Morgan fingerprint density at radius 3 is 2.80 bits per heavy atom. The van der Waals surface area contributed by atoms with Crippen LogP contribution in [0.25, 0.3) is 0 Å². The summed E-state index contributed by atoms with van der Waals surface area (Å²) in [4.78, 5) is 24.0. The fraction of sp³-hybridized carbons (Fsp3) is 0.778. The van der Waals surface area contributed by atoms with Crippen LogP contribution in [0.15, 0.2) is 0 Å². The molecule has 0 aliphatic carbocycles. The molecular formula is C9H16N2O3S. The van der Waals surface area contributed by atoms with Crippen molar-refractivity contribution in [3.8, 4) is 0 Å². The van der Waals surface area contributed by atoms with Crippen molar-refractivity contribution in [3.63, 3.8) is 0 Å². The van der Waals surface area contributed by atoms with Crippen molar-refractivity contribution in [3.05, 3.63) is 0 Å². The van der Waals surface area contributed by atoms with Gasteiger partial charge >= 0.3 is 6.03 Å². The standard InChI is InChI=1S/C9H16N2O3S/c1-3-15(14)5-4-11-6-7(2)8(12)10-9(11)13/h7H,3-6H2,1-2H3,(H,10,12,13). The molecule has 2 unspecified atom stereocenters. The monoisotopic (exact) mass is 232 g/mol. The highest BCUT2D eigenvalue weighted by Crippen LogP contribution is 2.06. The van der Waals surface area contributed by atoms with Crippen LogP contribution in [-0.4, -0.2) is 45.6 Å². The Morgan fingerprint density at radius 1 is 1.53 bits per heavy atom. The second-order valence-corrected chi connectivity index (χ2v) is 5.44. The molecule has 1 fully saturated rings. The lowest BCUT2D eigenvalue weighted by Gasteiger charge is -2.30. The SMILES string of the molecule is CCS(=O)CCN1CC(C)C(=O)NC1=O. The Balaban J connectivity index is 2.45. The van der Waals surface area contributed by atoms with Gasteiger partial charge in [0.2, 0.25) is 5.91 Å². The third kappa shape index (κ3) is 3.30. The van der Waals surface area contributed by atoms with Gasteiger partial charge in [-0.1, -0.05) is 13.8 Å². The van der Waals surface area contributed by atoms with E-state index >= 15 is 0 Å². The third-order valence-corrected chi connectivity index (χ3v) is 3.65. The molecule has 86 valence electrons. The predicted octanol–water partition coefficient (Wildman–Crippen LogP) is -0.0571. The van der Waals surface area contributed by atoms with E-state index in [-0.39, 0.29) is 17.9 Å². The number of carbonyl (C=O) groups is 2. The molecule has 5 nitrogen and oxygen atoms in total. The van der Waals surface area contributed by atoms with Gasteiger partial charge in [0.25, 0.3) is 0 Å². The van der Waals surface area contributed by atoms with Crippen molar-refractivity contribution in [2.24, 2.45) is 5.92 Å². The minimum atomic E-state index is -0.870. The highest BCUT2D eigenvalue weighted by molar-refractivity contribution is 7.84. The Bertz CT molecular complexity index is 293. The van der Waals surface area contributed by atoms with E-state index in [1.54, 1.807) is 11.8 Å². The largest absolute Gasteiger partial charge is 0.324 e. The Kier molecular flexibility index (Phi) is 4.26. The highest BCUT2D eigenvalue weighted by Gasteiger charge is 2.28. The first-order chi connectivity index (χ1) is 7.04. The van der Waals surface area contributed by atoms with Gasteiger partial charge in [-0.2, -0.15) is 0 Å². The molecule has 2 atom stereocenters. The maximum absolute atomic E-state index is 11.3. The minimum absolute atomic E-state index is 0.183. The molecule has 15 heavy (non-hydrogen) atoms. The van der Waals surface area contributed by atoms with Gasteiger partial charge in [0, 0.05) is 35.4 Å². The molecule has 1 aliphatic rings. The van der Waals surface area contributed by atoms with Crippen LogP contribution in [0.4, 0.5) is 4.79 Å². The molecule has 0 spiro atoms. The molecule has 1 rings (SSSR count). The van der Waals surface area contributed by atoms with Crippen molar-refractivity contribution >= 4 is 22.7 Å². The summed E-state index contributed by atoms with van der Waals surface area (Å²) < 4.78 is 11.2. The number of carbonyl (C=O) groups excluding carboxylic acids is 2. The van der Waals surface area contributed by atoms with Crippen LogP contribution in [-0.2, 0) is 15.6 Å². The van der Waals surface area contributed by atoms with Gasteiger partial charge < -0.3 is 4.90 Å². The van der Waals surface area contributed by atoms with Crippen LogP contribution in [0.5, 0.6) is 0 Å². The zero-order chi connectivity index (χ0) is 11.4. The van der Waals surface area contributed by atoms with Gasteiger partial charge in [0.05, 0.1) is 5.92 Å². The number of imide groups is 1. The normalized spacial score (nSPS) is 23.9. The second kappa shape index (κ2) is 5.25. The summed E-state index contributed by atoms with van der Waals surface area (Å²) in [5.41, 5.74) is 0. The lowest BCUT2D eigenvalue weighted by Crippen LogP contribution is -2.54. The van der Waals surface area contributed by atoms with E-state index in [0.29, 0.717) is 24.6 Å². The average Bonchev–Trinajstić information content (AvgIpc) is 2.21. The zero-order valence-electron chi connectivity index (χ0n) is 8.99. The van der Waals surface area contributed by atoms with E-state index in [1.807, 2.05) is 6.92 Å². The zero-order valence-corrected chi connectivity index (χ0v) is 9.80. The molecular weight excluding hydrogens is 216 g/mol. The molecule has 0 radical (unpaired) electrons. The summed E-state index contributed by atoms with van der Waals surface area (Å²) in [5.74, 6) is 0.667. The topological polar surface area (TPSA) is 66.5 Å². The Labute approximate surface area is 91.7 Å². The second-order valence-electron chi connectivity index (χ2n) is 3.57. The van der Waals surface area contributed by atoms with Gasteiger partial charge in [0.15, 0.2) is 0 Å². The average molecular weight is 232 g/mol. The molecule has 1 N–H and O–H groups in total. The van der Waals surface area contributed by atoms with Crippen LogP contribution in [0.2, 0.25) is 0 Å². The van der Waals surface area contributed by atoms with Gasteiger partial charge in [-0.15, -0.1) is 0 Å². The Morgan fingerprint density at radius 2 is 2.20 bits per heavy atom. The number of amides is 3. The van der Waals surface area contributed by atoms with Gasteiger partial charge in [-0.3, -0.25) is 14.3 Å². The van der Waals surface area contributed by atoms with Crippen molar-refractivity contribution in [1.82, 2.24) is 10.2 Å². The van der Waals surface area contributed by atoms with Crippen LogP contribution in [0.1, 0.15) is 13.8 Å². The minimum Gasteiger partial charge on any atom is -0.323 e. The van der Waals surface area contributed by atoms with Crippen molar-refractivity contribution in [2.75, 3.05) is 24.6 Å². The van der Waals surface area contributed by atoms with Gasteiger partial charge in [-0.05, 0) is 0 Å². The molecule has 0 aromatic carbocycles. The van der Waals surface area contributed by atoms with Crippen molar-refractivity contribution < 1.29 is 13.8 Å². The van der Waals surface area contributed by atoms with E-state index in [0.717, 1.165) is 0 Å². The van der Waals surface area contributed by atoms with E-state index in [9.17, 15) is 13.8 Å². The summed E-state index contributed by atoms with van der Waals surface area (Å²) in [6.45, 7) is 4.49. The molecule has 1 saturated heterocycles. The van der Waals surface area contributed by atoms with Crippen molar-refractivity contribution in [1.29, 1.82) is 0 Å². The molecule has 0 aromatic heterocycles. The number of hydrogen-bond acceptors (Lipinski definition) is 3. The number of nitrogens with zero attached hydrogens (tertiary/aromatic N) is 1. The maximum atomic E-state index is 11.3. The summed E-state index contributed by atoms with van der Waals surface area (Å²) in [6.07, 6.45) is 0. The number of hydrogen-bond donors (Lipinski definition) is 1. The molecule has 1 aliphatic heterocycles. The first kappa shape index (κ1) is 12.2. The van der Waals surface area contributed by atoms with Gasteiger partial charge in [-0.25, -0.2) is 4.79 Å². The quantitative estimate of drug-likeness (QED) is 0.738. The molecule has 0 saturated carbocycles. The smallest absolute Gasteiger partial charge is 0.323 e. The van der Waals surface area contributed by atoms with Crippen LogP contribution in [0.3, 0.4) is 0 Å². The maximum Gasteiger partial charge on any atom is 0.324 e. The molecule has 0 bridgehead atoms. The van der Waals surface area contributed by atoms with E-state index in [1.165, 1.54) is 0 Å². The summed E-state index contributed by atoms with van der Waals surface area (Å²) >= 11 is 0. The summed E-state index contributed by atoms with van der Waals surface area (Å²) in [7, 11) is -0.870. The molecule has 1 heterocycles. The number of urea groups is 1. The number of nitrogens with one attached hydrogen (secondary N) is 1. The van der Waals surface area contributed by atoms with E-state index < -0.39 is 10.8 Å². The Hall–Kier alpha value is -0.910. The predicted molar refractivity (Wildman–Crippen MR) is 57.8 cm³/mol. The molecule has 6 heteroatoms. The number of rotatable bonds is 4. The molecule has 3 amide bonds. The fourth-order valence-electron chi connectivity index (χ4n) is 1.35. The highest BCUT2D eigenvalue weighted by atomic mass is 32.2. The van der Waals surface area contributed by atoms with E-state index in [4.69, 9.17) is 0 Å². The first-order valence-corrected chi connectivity index (χ1v) is 6.48. The molecule has 0 aromatic rings. The van der Waals surface area contributed by atoms with Gasteiger partial charge in [0.1, 0.15) is 0 Å². The lowest BCUT2D eigenvalue weighted by molar-refractivity contribution is -0.125. The van der Waals surface area contributed by atoms with Crippen LogP contribution >= 0.6 is 0 Å². The third-order valence-electron chi connectivity index (χ3n) is 2.37. The van der Waals surface area contributed by atoms with Crippen LogP contribution < -0.4 is 5.32 Å². The van der Waals surface area contributed by atoms with Crippen molar-refractivity contribution in [2.45, 2.75) is 13.8 Å². The summed E-state index contributed by atoms with van der Waals surface area (Å²) in [6, 6.07) is -0.369. The fourth-order valence-corrected chi connectivity index (χ4v) is 2.07. The first-order valence-electron chi connectivity index (χ1n) is 4.99.